The van der Waals surface area contributed by atoms with Crippen molar-refractivity contribution < 1.29 is 9.90 Å². The maximum Gasteiger partial charge on any atom is 0.326 e. The number of carbonyl (C=O) groups is 1. The monoisotopic (exact) mass is 273 g/mol. The van der Waals surface area contributed by atoms with Gasteiger partial charge in [-0.15, -0.1) is 0 Å². The van der Waals surface area contributed by atoms with Crippen molar-refractivity contribution >= 4 is 27.7 Å². The molecule has 1 unspecified atom stereocenters. The van der Waals surface area contributed by atoms with E-state index in [9.17, 15) is 4.79 Å². The number of halogens is 1. The lowest BCUT2D eigenvalue weighted by atomic mass is 10.3. The van der Waals surface area contributed by atoms with Gasteiger partial charge in [-0.3, -0.25) is 0 Å². The van der Waals surface area contributed by atoms with Crippen LogP contribution < -0.4 is 4.90 Å². The summed E-state index contributed by atoms with van der Waals surface area (Å²) in [6, 6.07) is -0.629. The van der Waals surface area contributed by atoms with E-state index in [1.807, 2.05) is 0 Å². The zero-order valence-electron chi connectivity index (χ0n) is 8.73. The molecule has 0 spiro atoms. The summed E-state index contributed by atoms with van der Waals surface area (Å²) >= 11 is 3.29. The number of carboxylic acids is 1. The second-order valence-corrected chi connectivity index (χ2v) is 4.07. The molecule has 0 aliphatic carbocycles. The summed E-state index contributed by atoms with van der Waals surface area (Å²) in [4.78, 5) is 20.6. The Morgan fingerprint density at radius 1 is 1.67 bits per heavy atom. The number of aryl methyl sites for hydroxylation is 1. The fraction of sp³-hybridized carbons (Fsp3) is 0.444. The van der Waals surface area contributed by atoms with Gasteiger partial charge in [-0.25, -0.2) is 14.8 Å². The third kappa shape index (κ3) is 2.65. The van der Waals surface area contributed by atoms with Crippen molar-refractivity contribution in [1.82, 2.24) is 9.97 Å². The summed E-state index contributed by atoms with van der Waals surface area (Å²) < 4.78 is 0.684. The maximum absolute atomic E-state index is 10.8. The van der Waals surface area contributed by atoms with Gasteiger partial charge < -0.3 is 10.0 Å². The van der Waals surface area contributed by atoms with E-state index in [-0.39, 0.29) is 0 Å². The van der Waals surface area contributed by atoms with Crippen molar-refractivity contribution in [3.8, 4) is 0 Å². The van der Waals surface area contributed by atoms with Crippen molar-refractivity contribution in [2.75, 3.05) is 11.9 Å². The number of aromatic nitrogens is 2. The Hall–Kier alpha value is -1.17. The molecule has 0 amide bonds. The average Bonchev–Trinajstić information content (AvgIpc) is 2.19. The van der Waals surface area contributed by atoms with E-state index in [1.165, 1.54) is 0 Å². The second-order valence-electron chi connectivity index (χ2n) is 3.21. The molecule has 6 heteroatoms. The third-order valence-electron chi connectivity index (χ3n) is 2.12. The standard InChI is InChI=1S/C9H12BrN3O2/c1-5(9(14)15)13(3)8-7(10)4-11-6(2)12-8/h4-5H,1-3H3,(H,14,15). The van der Waals surface area contributed by atoms with Gasteiger partial charge in [0.2, 0.25) is 0 Å². The number of carboxylic acid groups (broad SMARTS) is 1. The van der Waals surface area contributed by atoms with Crippen molar-refractivity contribution in [2.24, 2.45) is 0 Å². The lowest BCUT2D eigenvalue weighted by Gasteiger charge is -2.23. The molecule has 0 saturated carbocycles. The zero-order chi connectivity index (χ0) is 11.6. The molecule has 0 aromatic carbocycles. The summed E-state index contributed by atoms with van der Waals surface area (Å²) in [6.07, 6.45) is 1.61. The minimum Gasteiger partial charge on any atom is -0.480 e. The first-order valence-corrected chi connectivity index (χ1v) is 5.17. The van der Waals surface area contributed by atoms with E-state index in [1.54, 1.807) is 32.0 Å². The van der Waals surface area contributed by atoms with E-state index in [4.69, 9.17) is 5.11 Å². The molecule has 5 nitrogen and oxygen atoms in total. The normalized spacial score (nSPS) is 12.3. The highest BCUT2D eigenvalue weighted by molar-refractivity contribution is 9.10. The highest BCUT2D eigenvalue weighted by atomic mass is 79.9. The molecule has 0 bridgehead atoms. The van der Waals surface area contributed by atoms with Gasteiger partial charge in [0.25, 0.3) is 0 Å². The summed E-state index contributed by atoms with van der Waals surface area (Å²) in [7, 11) is 1.69. The highest BCUT2D eigenvalue weighted by Gasteiger charge is 2.20. The van der Waals surface area contributed by atoms with Gasteiger partial charge >= 0.3 is 5.97 Å². The van der Waals surface area contributed by atoms with Crippen LogP contribution in [0.2, 0.25) is 0 Å². The smallest absolute Gasteiger partial charge is 0.326 e. The molecule has 0 radical (unpaired) electrons. The van der Waals surface area contributed by atoms with Crippen molar-refractivity contribution in [1.29, 1.82) is 0 Å². The van der Waals surface area contributed by atoms with Crippen LogP contribution in [0.1, 0.15) is 12.7 Å². The molecule has 1 rings (SSSR count). The first kappa shape index (κ1) is 11.9. The van der Waals surface area contributed by atoms with Gasteiger partial charge in [0.05, 0.1) is 4.47 Å². The zero-order valence-corrected chi connectivity index (χ0v) is 10.3. The van der Waals surface area contributed by atoms with E-state index in [0.717, 1.165) is 0 Å². The molecule has 15 heavy (non-hydrogen) atoms. The molecule has 0 aliphatic heterocycles. The van der Waals surface area contributed by atoms with E-state index < -0.39 is 12.0 Å². The molecule has 1 N–H and O–H groups in total. The Morgan fingerprint density at radius 3 is 2.80 bits per heavy atom. The van der Waals surface area contributed by atoms with Gasteiger partial charge in [-0.2, -0.15) is 0 Å². The summed E-state index contributed by atoms with van der Waals surface area (Å²) in [5.74, 6) is 0.302. The molecular formula is C9H12BrN3O2. The summed E-state index contributed by atoms with van der Waals surface area (Å²) in [6.45, 7) is 3.36. The van der Waals surface area contributed by atoms with Crippen LogP contribution in [0, 0.1) is 6.92 Å². The largest absolute Gasteiger partial charge is 0.480 e. The van der Waals surface area contributed by atoms with Gasteiger partial charge in [0.15, 0.2) is 0 Å². The van der Waals surface area contributed by atoms with Crippen LogP contribution in [0.25, 0.3) is 0 Å². The molecular weight excluding hydrogens is 262 g/mol. The number of hydrogen-bond donors (Lipinski definition) is 1. The number of nitrogens with zero attached hydrogens (tertiary/aromatic N) is 3. The van der Waals surface area contributed by atoms with E-state index >= 15 is 0 Å². The number of aliphatic carboxylic acids is 1. The predicted octanol–water partition coefficient (Wildman–Crippen LogP) is 1.46. The topological polar surface area (TPSA) is 66.3 Å². The van der Waals surface area contributed by atoms with Crippen molar-refractivity contribution in [2.45, 2.75) is 19.9 Å². The lowest BCUT2D eigenvalue weighted by molar-refractivity contribution is -0.138. The van der Waals surface area contributed by atoms with Crippen molar-refractivity contribution in [3.05, 3.63) is 16.5 Å². The molecule has 82 valence electrons. The van der Waals surface area contributed by atoms with Crippen LogP contribution in [-0.2, 0) is 4.79 Å². The molecule has 0 fully saturated rings. The third-order valence-corrected chi connectivity index (χ3v) is 2.68. The lowest BCUT2D eigenvalue weighted by Crippen LogP contribution is -2.36. The number of anilines is 1. The fourth-order valence-electron chi connectivity index (χ4n) is 1.04. The van der Waals surface area contributed by atoms with Gasteiger partial charge in [-0.05, 0) is 29.8 Å². The van der Waals surface area contributed by atoms with E-state index in [2.05, 4.69) is 25.9 Å². The maximum atomic E-state index is 10.8. The van der Waals surface area contributed by atoms with Crippen LogP contribution in [0.5, 0.6) is 0 Å². The Bertz CT molecular complexity index is 384. The minimum atomic E-state index is -0.888. The van der Waals surface area contributed by atoms with E-state index in [0.29, 0.717) is 16.1 Å². The quantitative estimate of drug-likeness (QED) is 0.903. The van der Waals surface area contributed by atoms with Crippen LogP contribution in [0.3, 0.4) is 0 Å². The fourth-order valence-corrected chi connectivity index (χ4v) is 1.51. The van der Waals surface area contributed by atoms with Gasteiger partial charge in [-0.1, -0.05) is 0 Å². The minimum absolute atomic E-state index is 0.581. The summed E-state index contributed by atoms with van der Waals surface area (Å²) in [5, 5.41) is 8.87. The van der Waals surface area contributed by atoms with Gasteiger partial charge in [0, 0.05) is 13.2 Å². The van der Waals surface area contributed by atoms with Crippen LogP contribution >= 0.6 is 15.9 Å². The first-order chi connectivity index (χ1) is 6.93. The first-order valence-electron chi connectivity index (χ1n) is 4.38. The molecule has 1 aromatic heterocycles. The molecule has 1 aromatic rings. The highest BCUT2D eigenvalue weighted by Crippen LogP contribution is 2.23. The van der Waals surface area contributed by atoms with Crippen molar-refractivity contribution in [3.63, 3.8) is 0 Å². The summed E-state index contributed by atoms with van der Waals surface area (Å²) in [5.41, 5.74) is 0. The SMILES string of the molecule is Cc1ncc(Br)c(N(C)C(C)C(=O)O)n1. The Kier molecular flexibility index (Phi) is 3.62. The number of likely N-dealkylation sites (N-methyl/N-ethyl adjacent to an activating group) is 1. The number of hydrogen-bond acceptors (Lipinski definition) is 4. The predicted molar refractivity (Wildman–Crippen MR) is 60.0 cm³/mol. The number of rotatable bonds is 3. The molecule has 0 aliphatic rings. The Morgan fingerprint density at radius 2 is 2.27 bits per heavy atom. The Labute approximate surface area is 96.3 Å². The molecule has 0 saturated heterocycles. The van der Waals surface area contributed by atoms with Gasteiger partial charge in [0.1, 0.15) is 17.7 Å². The van der Waals surface area contributed by atoms with Crippen LogP contribution in [0.4, 0.5) is 5.82 Å². The molecule has 1 atom stereocenters. The van der Waals surface area contributed by atoms with Crippen LogP contribution in [-0.4, -0.2) is 34.1 Å². The second kappa shape index (κ2) is 4.57. The molecule has 1 heterocycles. The van der Waals surface area contributed by atoms with Crippen LogP contribution in [0.15, 0.2) is 10.7 Å². The average molecular weight is 274 g/mol. The Balaban J connectivity index is 3.04.